The quantitative estimate of drug-likeness (QED) is 0.193. The zero-order valence-corrected chi connectivity index (χ0v) is 20.8. The lowest BCUT2D eigenvalue weighted by Crippen LogP contribution is -2.27. The number of thiocarbonyl (C=S) groups is 1. The average Bonchev–Trinajstić information content (AvgIpc) is 3.11. The summed E-state index contributed by atoms with van der Waals surface area (Å²) in [6, 6.07) is 22.5. The number of halogens is 1. The van der Waals surface area contributed by atoms with Crippen LogP contribution in [0.15, 0.2) is 77.7 Å². The van der Waals surface area contributed by atoms with Crippen molar-refractivity contribution < 1.29 is 19.0 Å². The van der Waals surface area contributed by atoms with E-state index in [0.717, 1.165) is 5.56 Å². The molecule has 0 aromatic heterocycles. The molecule has 1 aliphatic rings. The van der Waals surface area contributed by atoms with E-state index in [4.69, 9.17) is 38.0 Å². The van der Waals surface area contributed by atoms with E-state index in [-0.39, 0.29) is 5.91 Å². The molecule has 1 amide bonds. The summed E-state index contributed by atoms with van der Waals surface area (Å²) < 4.78 is 17.5. The Labute approximate surface area is 213 Å². The largest absolute Gasteiger partial charge is 0.493 e. The highest BCUT2D eigenvalue weighted by Gasteiger charge is 2.32. The monoisotopic (exact) mass is 511 g/mol. The van der Waals surface area contributed by atoms with E-state index in [1.807, 2.05) is 54.6 Å². The molecule has 174 valence electrons. The normalized spacial score (nSPS) is 14.5. The molecule has 8 heteroatoms. The number of ether oxygens (including phenoxy) is 3. The second kappa shape index (κ2) is 11.4. The number of rotatable bonds is 9. The Morgan fingerprint density at radius 2 is 1.62 bits per heavy atom. The van der Waals surface area contributed by atoms with Crippen molar-refractivity contribution in [2.75, 3.05) is 20.3 Å². The van der Waals surface area contributed by atoms with Gasteiger partial charge in [-0.1, -0.05) is 78.0 Å². The molecule has 3 aromatic rings. The first-order valence-electron chi connectivity index (χ1n) is 10.5. The van der Waals surface area contributed by atoms with E-state index in [1.54, 1.807) is 36.3 Å². The lowest BCUT2D eigenvalue weighted by atomic mass is 10.1. The molecule has 0 radical (unpaired) electrons. The van der Waals surface area contributed by atoms with Gasteiger partial charge in [0.25, 0.3) is 5.91 Å². The Balaban J connectivity index is 1.44. The third-order valence-electron chi connectivity index (χ3n) is 4.98. The van der Waals surface area contributed by atoms with E-state index < -0.39 is 0 Å². The zero-order valence-electron chi connectivity index (χ0n) is 18.4. The molecule has 0 saturated carbocycles. The Hall–Kier alpha value is -3.00. The van der Waals surface area contributed by atoms with Gasteiger partial charge in [-0.25, -0.2) is 0 Å². The zero-order chi connectivity index (χ0) is 23.9. The molecule has 0 spiro atoms. The molecule has 0 bridgehead atoms. The van der Waals surface area contributed by atoms with Crippen molar-refractivity contribution in [3.63, 3.8) is 0 Å². The summed E-state index contributed by atoms with van der Waals surface area (Å²) >= 11 is 13.0. The van der Waals surface area contributed by atoms with Crippen molar-refractivity contribution in [1.29, 1.82) is 0 Å². The van der Waals surface area contributed by atoms with Crippen molar-refractivity contribution >= 4 is 51.9 Å². The second-order valence-electron chi connectivity index (χ2n) is 7.28. The molecule has 0 atom stereocenters. The first-order chi connectivity index (χ1) is 16.5. The topological polar surface area (TPSA) is 48.0 Å². The van der Waals surface area contributed by atoms with Gasteiger partial charge in [-0.05, 0) is 42.0 Å². The van der Waals surface area contributed by atoms with Crippen LogP contribution in [-0.2, 0) is 11.3 Å². The van der Waals surface area contributed by atoms with Gasteiger partial charge in [0, 0.05) is 10.6 Å². The fourth-order valence-electron chi connectivity index (χ4n) is 3.35. The maximum Gasteiger partial charge on any atom is 0.266 e. The molecule has 5 nitrogen and oxygen atoms in total. The molecule has 0 unspecified atom stereocenters. The molecule has 0 aliphatic carbocycles. The van der Waals surface area contributed by atoms with Gasteiger partial charge in [0.15, 0.2) is 11.5 Å². The van der Waals surface area contributed by atoms with Crippen molar-refractivity contribution in [3.8, 4) is 17.2 Å². The van der Waals surface area contributed by atoms with Gasteiger partial charge in [-0.15, -0.1) is 0 Å². The number of thioether (sulfide) groups is 1. The number of hydrogen-bond donors (Lipinski definition) is 0. The maximum absolute atomic E-state index is 13.0. The Kier molecular flexibility index (Phi) is 8.11. The summed E-state index contributed by atoms with van der Waals surface area (Å²) in [5.41, 5.74) is 1.71. The minimum atomic E-state index is -0.135. The predicted octanol–water partition coefficient (Wildman–Crippen LogP) is 6.21. The number of hydrogen-bond acceptors (Lipinski definition) is 6. The molecule has 1 saturated heterocycles. The minimum absolute atomic E-state index is 0.135. The van der Waals surface area contributed by atoms with Crippen molar-refractivity contribution in [1.82, 2.24) is 4.90 Å². The number of amides is 1. The number of para-hydroxylation sites is 2. The van der Waals surface area contributed by atoms with Crippen LogP contribution in [0.25, 0.3) is 6.08 Å². The highest BCUT2D eigenvalue weighted by atomic mass is 35.5. The fourth-order valence-corrected chi connectivity index (χ4v) is 4.77. The lowest BCUT2D eigenvalue weighted by Gasteiger charge is -2.14. The third-order valence-corrected chi connectivity index (χ3v) is 6.60. The van der Waals surface area contributed by atoms with E-state index in [1.165, 1.54) is 11.8 Å². The molecule has 0 N–H and O–H groups in total. The summed E-state index contributed by atoms with van der Waals surface area (Å²) in [7, 11) is 1.60. The molecule has 3 aromatic carbocycles. The smallest absolute Gasteiger partial charge is 0.266 e. The van der Waals surface area contributed by atoms with Crippen LogP contribution in [0.4, 0.5) is 0 Å². The van der Waals surface area contributed by atoms with Crippen LogP contribution in [0.2, 0.25) is 5.02 Å². The Morgan fingerprint density at radius 1 is 0.941 bits per heavy atom. The van der Waals surface area contributed by atoms with Crippen molar-refractivity contribution in [3.05, 3.63) is 93.9 Å². The van der Waals surface area contributed by atoms with Crippen molar-refractivity contribution in [2.24, 2.45) is 0 Å². The lowest BCUT2D eigenvalue weighted by molar-refractivity contribution is -0.122. The van der Waals surface area contributed by atoms with Crippen LogP contribution < -0.4 is 14.2 Å². The molecule has 1 aliphatic heterocycles. The molecule has 1 heterocycles. The highest BCUT2D eigenvalue weighted by Crippen LogP contribution is 2.36. The van der Waals surface area contributed by atoms with Gasteiger partial charge in [-0.2, -0.15) is 0 Å². The summed E-state index contributed by atoms with van der Waals surface area (Å²) in [6.07, 6.45) is 1.77. The van der Waals surface area contributed by atoms with Crippen LogP contribution in [0, 0.1) is 0 Å². The van der Waals surface area contributed by atoms with E-state index in [0.29, 0.717) is 56.8 Å². The number of carbonyl (C=O) groups is 1. The van der Waals surface area contributed by atoms with Gasteiger partial charge in [0.2, 0.25) is 0 Å². The fraction of sp³-hybridized carbons (Fsp3) is 0.154. The van der Waals surface area contributed by atoms with E-state index in [9.17, 15) is 4.79 Å². The third kappa shape index (κ3) is 5.91. The molecule has 34 heavy (non-hydrogen) atoms. The van der Waals surface area contributed by atoms with Gasteiger partial charge >= 0.3 is 0 Å². The standard InChI is InChI=1S/C26H22ClNO4S2/c1-30-22-9-5-6-10-23(22)32-14-13-31-21-12-11-20(27)15-19(21)16-24-25(29)28(26(33)34-24)17-18-7-3-2-4-8-18/h2-12,15-16H,13-14,17H2,1H3. The Morgan fingerprint density at radius 3 is 2.35 bits per heavy atom. The summed E-state index contributed by atoms with van der Waals surface area (Å²) in [6.45, 7) is 1.05. The number of methoxy groups -OCH3 is 1. The van der Waals surface area contributed by atoms with E-state index in [2.05, 4.69) is 0 Å². The van der Waals surface area contributed by atoms with E-state index >= 15 is 0 Å². The number of benzene rings is 3. The average molecular weight is 512 g/mol. The number of carbonyl (C=O) groups excluding carboxylic acids is 1. The van der Waals surface area contributed by atoms with Crippen LogP contribution in [0.1, 0.15) is 11.1 Å². The Bertz CT molecular complexity index is 1220. The minimum Gasteiger partial charge on any atom is -0.493 e. The first kappa shape index (κ1) is 24.1. The van der Waals surface area contributed by atoms with Crippen molar-refractivity contribution in [2.45, 2.75) is 6.54 Å². The maximum atomic E-state index is 13.0. The second-order valence-corrected chi connectivity index (χ2v) is 9.40. The van der Waals surface area contributed by atoms with Gasteiger partial charge in [0.05, 0.1) is 18.6 Å². The predicted molar refractivity (Wildman–Crippen MR) is 141 cm³/mol. The SMILES string of the molecule is COc1ccccc1OCCOc1ccc(Cl)cc1C=C1SC(=S)N(Cc2ccccc2)C1=O. The molecule has 4 rings (SSSR count). The van der Waals surface area contributed by atoms with Crippen LogP contribution in [0.5, 0.6) is 17.2 Å². The first-order valence-corrected chi connectivity index (χ1v) is 12.1. The summed E-state index contributed by atoms with van der Waals surface area (Å²) in [5.74, 6) is 1.77. The van der Waals surface area contributed by atoms with Gasteiger partial charge < -0.3 is 14.2 Å². The highest BCUT2D eigenvalue weighted by molar-refractivity contribution is 8.26. The van der Waals surface area contributed by atoms with Gasteiger partial charge in [-0.3, -0.25) is 9.69 Å². The molecule has 1 fully saturated rings. The number of nitrogens with zero attached hydrogens (tertiary/aromatic N) is 1. The van der Waals surface area contributed by atoms with Crippen LogP contribution >= 0.6 is 35.6 Å². The van der Waals surface area contributed by atoms with Crippen LogP contribution in [0.3, 0.4) is 0 Å². The van der Waals surface area contributed by atoms with Gasteiger partial charge in [0.1, 0.15) is 23.3 Å². The molecular formula is C26H22ClNO4S2. The molecular weight excluding hydrogens is 490 g/mol. The van der Waals surface area contributed by atoms with Crippen LogP contribution in [-0.4, -0.2) is 35.5 Å². The summed E-state index contributed by atoms with van der Waals surface area (Å²) in [4.78, 5) is 15.2. The summed E-state index contributed by atoms with van der Waals surface area (Å²) in [5, 5.41) is 0.545.